The van der Waals surface area contributed by atoms with E-state index in [1.54, 1.807) is 0 Å². The summed E-state index contributed by atoms with van der Waals surface area (Å²) < 4.78 is 0. The number of hydrogen-bond acceptors (Lipinski definition) is 4. The maximum absolute atomic E-state index is 12.1. The van der Waals surface area contributed by atoms with Gasteiger partial charge in [0.1, 0.15) is 0 Å². The number of rotatable bonds is 3. The van der Waals surface area contributed by atoms with Crippen LogP contribution in [0.2, 0.25) is 0 Å². The Balaban J connectivity index is 1.66. The molecule has 164 valence electrons. The molecule has 31 heavy (non-hydrogen) atoms. The number of alkyl halides is 1. The van der Waals surface area contributed by atoms with E-state index in [2.05, 4.69) is 24.2 Å². The molecule has 0 aliphatic heterocycles. The summed E-state index contributed by atoms with van der Waals surface area (Å²) in [6.45, 7) is 2.25. The van der Waals surface area contributed by atoms with Crippen LogP contribution in [0.25, 0.3) is 0 Å². The summed E-state index contributed by atoms with van der Waals surface area (Å²) >= 11 is 6.36. The standard InChI is InChI=1S/C26H30ClNO3/c1-25-13-22(17-4-2-16(3-5-17)14-28-31)24-20-9-7-19(29)12-18(20)6-8-21(24)23(25)10-11-26(25,30)15-27/h2-5,12,14,21-23,30-31H,6-11,13,15H2,1H3/t21-,22+,23-,25-,26+/m0/s1. The van der Waals surface area contributed by atoms with Crippen LogP contribution in [0.3, 0.4) is 0 Å². The van der Waals surface area contributed by atoms with Gasteiger partial charge in [0.25, 0.3) is 0 Å². The van der Waals surface area contributed by atoms with Crippen molar-refractivity contribution in [2.24, 2.45) is 22.4 Å². The van der Waals surface area contributed by atoms with E-state index in [1.807, 2.05) is 18.2 Å². The minimum atomic E-state index is -0.837. The molecule has 5 atom stereocenters. The largest absolute Gasteiger partial charge is 0.411 e. The van der Waals surface area contributed by atoms with Crippen molar-refractivity contribution in [3.05, 3.63) is 58.2 Å². The Morgan fingerprint density at radius 3 is 2.68 bits per heavy atom. The predicted molar refractivity (Wildman–Crippen MR) is 122 cm³/mol. The highest BCUT2D eigenvalue weighted by Crippen LogP contribution is 2.66. The van der Waals surface area contributed by atoms with Crippen LogP contribution in [-0.2, 0) is 4.79 Å². The maximum atomic E-state index is 12.1. The van der Waals surface area contributed by atoms with E-state index in [0.717, 1.165) is 44.1 Å². The molecule has 0 amide bonds. The maximum Gasteiger partial charge on any atom is 0.156 e. The Labute approximate surface area is 188 Å². The molecular weight excluding hydrogens is 410 g/mol. The van der Waals surface area contributed by atoms with Gasteiger partial charge in [-0.2, -0.15) is 0 Å². The SMILES string of the molecule is C[C@]12C[C@H](c3ccc(C=NO)cc3)C3=C4CCC(=O)C=C4CC[C@H]3[C@@H]1CC[C@@]2(O)CCl. The van der Waals surface area contributed by atoms with Crippen molar-refractivity contribution < 1.29 is 15.1 Å². The highest BCUT2D eigenvalue weighted by molar-refractivity contribution is 6.18. The van der Waals surface area contributed by atoms with Crippen LogP contribution >= 0.6 is 11.6 Å². The molecule has 2 saturated carbocycles. The highest BCUT2D eigenvalue weighted by Gasteiger charge is 2.62. The molecule has 4 aliphatic rings. The predicted octanol–water partition coefficient (Wildman–Crippen LogP) is 5.36. The summed E-state index contributed by atoms with van der Waals surface area (Å²) in [5.41, 5.74) is 5.17. The molecule has 0 saturated heterocycles. The Morgan fingerprint density at radius 1 is 1.19 bits per heavy atom. The lowest BCUT2D eigenvalue weighted by Gasteiger charge is -2.54. The molecule has 1 aromatic rings. The second-order valence-electron chi connectivity index (χ2n) is 10.1. The van der Waals surface area contributed by atoms with Crippen LogP contribution in [0.15, 0.2) is 52.2 Å². The Morgan fingerprint density at radius 2 is 1.97 bits per heavy atom. The van der Waals surface area contributed by atoms with E-state index in [1.165, 1.54) is 28.5 Å². The van der Waals surface area contributed by atoms with E-state index >= 15 is 0 Å². The topological polar surface area (TPSA) is 69.9 Å². The fourth-order valence-corrected chi connectivity index (χ4v) is 7.59. The smallest absolute Gasteiger partial charge is 0.156 e. The molecule has 0 heterocycles. The summed E-state index contributed by atoms with van der Waals surface area (Å²) in [5, 5.41) is 23.5. The van der Waals surface area contributed by atoms with Gasteiger partial charge < -0.3 is 10.3 Å². The number of carbonyl (C=O) groups excluding carboxylic acids is 1. The normalized spacial score (nSPS) is 37.5. The molecule has 0 aromatic heterocycles. The first kappa shape index (κ1) is 21.0. The molecule has 2 N–H and O–H groups in total. The van der Waals surface area contributed by atoms with E-state index in [0.29, 0.717) is 18.3 Å². The van der Waals surface area contributed by atoms with Gasteiger partial charge in [-0.05, 0) is 78.7 Å². The van der Waals surface area contributed by atoms with E-state index < -0.39 is 5.60 Å². The molecule has 0 bridgehead atoms. The quantitative estimate of drug-likeness (QED) is 0.288. The molecule has 4 aliphatic carbocycles. The number of hydrogen-bond donors (Lipinski definition) is 2. The van der Waals surface area contributed by atoms with Gasteiger partial charge in [-0.3, -0.25) is 4.79 Å². The van der Waals surface area contributed by atoms with Gasteiger partial charge in [-0.1, -0.05) is 41.9 Å². The molecular formula is C26H30ClNO3. The number of ketones is 1. The van der Waals surface area contributed by atoms with Gasteiger partial charge in [-0.25, -0.2) is 0 Å². The summed E-state index contributed by atoms with van der Waals surface area (Å²) in [6, 6.07) is 8.21. The lowest BCUT2D eigenvalue weighted by molar-refractivity contribution is -0.114. The average Bonchev–Trinajstić information content (AvgIpc) is 3.04. The van der Waals surface area contributed by atoms with Crippen molar-refractivity contribution in [2.45, 2.75) is 63.4 Å². The third-order valence-corrected chi connectivity index (χ3v) is 9.27. The number of halogens is 1. The first-order chi connectivity index (χ1) is 14.9. The number of benzene rings is 1. The van der Waals surface area contributed by atoms with Crippen LogP contribution in [0, 0.1) is 17.3 Å². The van der Waals surface area contributed by atoms with Crippen LogP contribution in [-0.4, -0.2) is 33.8 Å². The molecule has 0 radical (unpaired) electrons. The lowest BCUT2D eigenvalue weighted by Crippen LogP contribution is -2.52. The minimum absolute atomic E-state index is 0.200. The molecule has 5 heteroatoms. The Bertz CT molecular complexity index is 994. The van der Waals surface area contributed by atoms with Gasteiger partial charge in [0.15, 0.2) is 5.78 Å². The fourth-order valence-electron chi connectivity index (χ4n) is 7.15. The third-order valence-electron chi connectivity index (χ3n) is 8.82. The molecule has 0 spiro atoms. The summed E-state index contributed by atoms with van der Waals surface area (Å²) in [4.78, 5) is 12.1. The van der Waals surface area contributed by atoms with Gasteiger partial charge >= 0.3 is 0 Å². The van der Waals surface area contributed by atoms with E-state index in [9.17, 15) is 9.90 Å². The summed E-state index contributed by atoms with van der Waals surface area (Å²) in [7, 11) is 0. The lowest BCUT2D eigenvalue weighted by atomic mass is 9.51. The minimum Gasteiger partial charge on any atom is -0.411 e. The number of fused-ring (bicyclic) bond motifs is 4. The Hall–Kier alpha value is -1.91. The molecule has 5 rings (SSSR count). The van der Waals surface area contributed by atoms with Gasteiger partial charge in [-0.15, -0.1) is 11.6 Å². The molecule has 2 fully saturated rings. The number of allylic oxidation sites excluding steroid dienone is 4. The van der Waals surface area contributed by atoms with Crippen molar-refractivity contribution in [2.75, 3.05) is 5.88 Å². The summed E-state index contributed by atoms with van der Waals surface area (Å²) in [5.74, 6) is 1.58. The van der Waals surface area contributed by atoms with Gasteiger partial charge in [0.05, 0.1) is 17.7 Å². The summed E-state index contributed by atoms with van der Waals surface area (Å²) in [6.07, 6.45) is 9.40. The Kier molecular flexibility index (Phi) is 5.14. The van der Waals surface area contributed by atoms with Gasteiger partial charge in [0.2, 0.25) is 0 Å². The third kappa shape index (κ3) is 3.14. The van der Waals surface area contributed by atoms with Crippen molar-refractivity contribution in [3.63, 3.8) is 0 Å². The van der Waals surface area contributed by atoms with Crippen LogP contribution < -0.4 is 0 Å². The van der Waals surface area contributed by atoms with Crippen molar-refractivity contribution in [3.8, 4) is 0 Å². The van der Waals surface area contributed by atoms with Crippen LogP contribution in [0.1, 0.15) is 68.9 Å². The molecule has 4 nitrogen and oxygen atoms in total. The fraction of sp³-hybridized carbons (Fsp3) is 0.538. The van der Waals surface area contributed by atoms with Crippen molar-refractivity contribution in [1.82, 2.24) is 0 Å². The zero-order valence-electron chi connectivity index (χ0n) is 18.0. The van der Waals surface area contributed by atoms with Crippen molar-refractivity contribution >= 4 is 23.6 Å². The molecule has 0 unspecified atom stereocenters. The zero-order valence-corrected chi connectivity index (χ0v) is 18.7. The van der Waals surface area contributed by atoms with Crippen molar-refractivity contribution in [1.29, 1.82) is 0 Å². The molecule has 1 aromatic carbocycles. The number of nitrogens with zero attached hydrogens (tertiary/aromatic N) is 1. The second-order valence-corrected chi connectivity index (χ2v) is 10.4. The van der Waals surface area contributed by atoms with Crippen LogP contribution in [0.4, 0.5) is 0 Å². The number of aliphatic hydroxyl groups is 1. The van der Waals surface area contributed by atoms with E-state index in [4.69, 9.17) is 16.8 Å². The van der Waals surface area contributed by atoms with Crippen LogP contribution in [0.5, 0.6) is 0 Å². The highest BCUT2D eigenvalue weighted by atomic mass is 35.5. The average molecular weight is 440 g/mol. The zero-order chi connectivity index (χ0) is 21.8. The van der Waals surface area contributed by atoms with E-state index in [-0.39, 0.29) is 23.0 Å². The number of oxime groups is 1. The monoisotopic (exact) mass is 439 g/mol. The second kappa shape index (κ2) is 7.60. The number of carbonyl (C=O) groups is 1. The first-order valence-electron chi connectivity index (χ1n) is 11.4. The van der Waals surface area contributed by atoms with Gasteiger partial charge in [0, 0.05) is 17.8 Å². The first-order valence-corrected chi connectivity index (χ1v) is 12.0.